The van der Waals surface area contributed by atoms with Gasteiger partial charge in [-0.15, -0.1) is 0 Å². The zero-order chi connectivity index (χ0) is 15.0. The molecule has 0 amide bonds. The molecule has 0 radical (unpaired) electrons. The fraction of sp³-hybridized carbons (Fsp3) is 0.118. The van der Waals surface area contributed by atoms with Crippen molar-refractivity contribution < 1.29 is 9.18 Å². The molecular weight excluding hydrogens is 289 g/mol. The molecule has 0 atom stereocenters. The molecule has 0 N–H and O–H groups in total. The predicted molar refractivity (Wildman–Crippen MR) is 82.6 cm³/mol. The molecule has 2 aromatic carbocycles. The summed E-state index contributed by atoms with van der Waals surface area (Å²) in [5.41, 5.74) is 2.84. The Bertz CT molecular complexity index is 838. The van der Waals surface area contributed by atoms with Gasteiger partial charge in [-0.1, -0.05) is 48.0 Å². The SMILES string of the molecule is Cc1ccccc1Cn1c(Cl)c(C=O)c2cccc(F)c21. The van der Waals surface area contributed by atoms with Crippen LogP contribution >= 0.6 is 11.6 Å². The van der Waals surface area contributed by atoms with E-state index in [0.717, 1.165) is 11.1 Å². The Morgan fingerprint density at radius 3 is 2.67 bits per heavy atom. The van der Waals surface area contributed by atoms with Crippen LogP contribution in [0.15, 0.2) is 42.5 Å². The molecule has 0 unspecified atom stereocenters. The van der Waals surface area contributed by atoms with E-state index in [0.29, 0.717) is 29.3 Å². The number of aryl methyl sites for hydroxylation is 1. The average Bonchev–Trinajstić information content (AvgIpc) is 2.75. The topological polar surface area (TPSA) is 22.0 Å². The van der Waals surface area contributed by atoms with Gasteiger partial charge in [0.15, 0.2) is 6.29 Å². The van der Waals surface area contributed by atoms with E-state index >= 15 is 0 Å². The summed E-state index contributed by atoms with van der Waals surface area (Å²) in [6, 6.07) is 12.5. The van der Waals surface area contributed by atoms with Crippen LogP contribution in [0.3, 0.4) is 0 Å². The number of carbonyl (C=O) groups is 1. The van der Waals surface area contributed by atoms with Crippen molar-refractivity contribution in [1.29, 1.82) is 0 Å². The van der Waals surface area contributed by atoms with E-state index in [1.807, 2.05) is 31.2 Å². The van der Waals surface area contributed by atoms with Crippen LogP contribution in [0.5, 0.6) is 0 Å². The van der Waals surface area contributed by atoms with Gasteiger partial charge in [0.2, 0.25) is 0 Å². The van der Waals surface area contributed by atoms with Crippen molar-refractivity contribution >= 4 is 28.8 Å². The van der Waals surface area contributed by atoms with E-state index in [1.165, 1.54) is 6.07 Å². The summed E-state index contributed by atoms with van der Waals surface area (Å²) in [7, 11) is 0. The van der Waals surface area contributed by atoms with Gasteiger partial charge in [0.05, 0.1) is 11.1 Å². The van der Waals surface area contributed by atoms with Crippen LogP contribution in [0.1, 0.15) is 21.5 Å². The number of hydrogen-bond acceptors (Lipinski definition) is 1. The number of rotatable bonds is 3. The highest BCUT2D eigenvalue weighted by atomic mass is 35.5. The Kier molecular flexibility index (Phi) is 3.52. The molecule has 0 spiro atoms. The minimum absolute atomic E-state index is 0.272. The fourth-order valence-corrected chi connectivity index (χ4v) is 2.87. The largest absolute Gasteiger partial charge is 0.324 e. The van der Waals surface area contributed by atoms with Crippen LogP contribution in [0, 0.1) is 12.7 Å². The van der Waals surface area contributed by atoms with Gasteiger partial charge >= 0.3 is 0 Å². The lowest BCUT2D eigenvalue weighted by molar-refractivity contribution is 0.112. The van der Waals surface area contributed by atoms with Crippen molar-refractivity contribution in [3.63, 3.8) is 0 Å². The maximum atomic E-state index is 14.2. The van der Waals surface area contributed by atoms with Gasteiger partial charge < -0.3 is 4.57 Å². The minimum atomic E-state index is -0.379. The summed E-state index contributed by atoms with van der Waals surface area (Å²) in [5.74, 6) is -0.379. The van der Waals surface area contributed by atoms with Gasteiger partial charge in [-0.2, -0.15) is 0 Å². The third kappa shape index (κ3) is 2.24. The summed E-state index contributed by atoms with van der Waals surface area (Å²) in [4.78, 5) is 11.3. The predicted octanol–water partition coefficient (Wildman–Crippen LogP) is 4.60. The van der Waals surface area contributed by atoms with Crippen LogP contribution in [-0.2, 0) is 6.54 Å². The van der Waals surface area contributed by atoms with Gasteiger partial charge in [-0.3, -0.25) is 4.79 Å². The molecular formula is C17H13ClFNO. The zero-order valence-electron chi connectivity index (χ0n) is 11.4. The summed E-state index contributed by atoms with van der Waals surface area (Å²) < 4.78 is 15.8. The lowest BCUT2D eigenvalue weighted by Crippen LogP contribution is -2.02. The Morgan fingerprint density at radius 1 is 1.19 bits per heavy atom. The highest BCUT2D eigenvalue weighted by molar-refractivity contribution is 6.34. The lowest BCUT2D eigenvalue weighted by atomic mass is 10.1. The zero-order valence-corrected chi connectivity index (χ0v) is 12.2. The average molecular weight is 302 g/mol. The summed E-state index contributed by atoms with van der Waals surface area (Å²) in [6.07, 6.45) is 0.679. The third-order valence-electron chi connectivity index (χ3n) is 3.71. The number of para-hydroxylation sites is 1. The number of carbonyl (C=O) groups excluding carboxylic acids is 1. The van der Waals surface area contributed by atoms with E-state index in [9.17, 15) is 9.18 Å². The molecule has 0 fully saturated rings. The standard InChI is InChI=1S/C17H13ClFNO/c1-11-5-2-3-6-12(11)9-20-16-13(7-4-8-15(16)19)14(10-21)17(20)18/h2-8,10H,9H2,1H3. The van der Waals surface area contributed by atoms with Crippen LogP contribution in [0.25, 0.3) is 10.9 Å². The highest BCUT2D eigenvalue weighted by Gasteiger charge is 2.18. The molecule has 0 aliphatic carbocycles. The molecule has 0 aliphatic rings. The lowest BCUT2D eigenvalue weighted by Gasteiger charge is -2.10. The first kappa shape index (κ1) is 13.8. The van der Waals surface area contributed by atoms with E-state index in [4.69, 9.17) is 11.6 Å². The number of halogens is 2. The number of nitrogens with zero attached hydrogens (tertiary/aromatic N) is 1. The second-order valence-corrected chi connectivity index (χ2v) is 5.33. The van der Waals surface area contributed by atoms with Crippen molar-refractivity contribution in [1.82, 2.24) is 4.57 Å². The van der Waals surface area contributed by atoms with Crippen molar-refractivity contribution in [3.8, 4) is 0 Å². The molecule has 0 aliphatic heterocycles. The fourth-order valence-electron chi connectivity index (χ4n) is 2.58. The first-order valence-electron chi connectivity index (χ1n) is 6.59. The smallest absolute Gasteiger partial charge is 0.153 e. The summed E-state index contributed by atoms with van der Waals surface area (Å²) in [6.45, 7) is 2.42. The number of hydrogen-bond donors (Lipinski definition) is 0. The molecule has 1 heterocycles. The van der Waals surface area contributed by atoms with Gasteiger partial charge in [-0.05, 0) is 24.1 Å². The van der Waals surface area contributed by atoms with Crippen LogP contribution in [0.2, 0.25) is 5.15 Å². The Labute approximate surface area is 126 Å². The van der Waals surface area contributed by atoms with Gasteiger partial charge in [0.1, 0.15) is 11.0 Å². The van der Waals surface area contributed by atoms with E-state index in [2.05, 4.69) is 0 Å². The molecule has 3 rings (SSSR count). The number of fused-ring (bicyclic) bond motifs is 1. The normalized spacial score (nSPS) is 11.0. The first-order chi connectivity index (χ1) is 10.1. The van der Waals surface area contributed by atoms with Gasteiger partial charge in [0, 0.05) is 11.9 Å². The van der Waals surface area contributed by atoms with E-state index < -0.39 is 0 Å². The Hall–Kier alpha value is -2.13. The summed E-state index contributed by atoms with van der Waals surface area (Å²) in [5, 5.41) is 0.817. The van der Waals surface area contributed by atoms with Gasteiger partial charge in [0.25, 0.3) is 0 Å². The quantitative estimate of drug-likeness (QED) is 0.648. The van der Waals surface area contributed by atoms with E-state index in [-0.39, 0.29) is 11.0 Å². The maximum Gasteiger partial charge on any atom is 0.153 e. The number of aldehydes is 1. The highest BCUT2D eigenvalue weighted by Crippen LogP contribution is 2.31. The Morgan fingerprint density at radius 2 is 1.95 bits per heavy atom. The van der Waals surface area contributed by atoms with E-state index in [1.54, 1.807) is 16.7 Å². The first-order valence-corrected chi connectivity index (χ1v) is 6.97. The van der Waals surface area contributed by atoms with Crippen molar-refractivity contribution in [2.45, 2.75) is 13.5 Å². The van der Waals surface area contributed by atoms with Crippen molar-refractivity contribution in [2.24, 2.45) is 0 Å². The number of aromatic nitrogens is 1. The van der Waals surface area contributed by atoms with Crippen LogP contribution in [-0.4, -0.2) is 10.9 Å². The Balaban J connectivity index is 2.25. The summed E-state index contributed by atoms with van der Waals surface area (Å²) >= 11 is 6.29. The molecule has 0 saturated heterocycles. The van der Waals surface area contributed by atoms with Crippen LogP contribution < -0.4 is 0 Å². The van der Waals surface area contributed by atoms with Crippen LogP contribution in [0.4, 0.5) is 4.39 Å². The molecule has 4 heteroatoms. The molecule has 3 aromatic rings. The molecule has 21 heavy (non-hydrogen) atoms. The molecule has 2 nitrogen and oxygen atoms in total. The molecule has 106 valence electrons. The van der Waals surface area contributed by atoms with Crippen molar-refractivity contribution in [3.05, 3.63) is 70.1 Å². The number of benzene rings is 2. The van der Waals surface area contributed by atoms with Gasteiger partial charge in [-0.25, -0.2) is 4.39 Å². The molecule has 0 bridgehead atoms. The van der Waals surface area contributed by atoms with Crippen molar-refractivity contribution in [2.75, 3.05) is 0 Å². The second kappa shape index (κ2) is 5.34. The third-order valence-corrected chi connectivity index (χ3v) is 4.12. The molecule has 1 aromatic heterocycles. The molecule has 0 saturated carbocycles. The maximum absolute atomic E-state index is 14.2. The minimum Gasteiger partial charge on any atom is -0.324 e. The monoisotopic (exact) mass is 301 g/mol. The second-order valence-electron chi connectivity index (χ2n) is 4.97.